The summed E-state index contributed by atoms with van der Waals surface area (Å²) in [6, 6.07) is 5.83. The van der Waals surface area contributed by atoms with Crippen LogP contribution in [0.3, 0.4) is 0 Å². The smallest absolute Gasteiger partial charge is 0.195 e. The van der Waals surface area contributed by atoms with Crippen LogP contribution >= 0.6 is 0 Å². The molecule has 0 fully saturated rings. The van der Waals surface area contributed by atoms with Gasteiger partial charge in [0.1, 0.15) is 0 Å². The van der Waals surface area contributed by atoms with Gasteiger partial charge < -0.3 is 34.3 Å². The van der Waals surface area contributed by atoms with Gasteiger partial charge in [-0.3, -0.25) is 4.99 Å². The molecule has 0 amide bonds. The second kappa shape index (κ2) is 14.9. The Kier molecular flexibility index (Phi) is 12.0. The van der Waals surface area contributed by atoms with Gasteiger partial charge >= 0.3 is 0 Å². The Morgan fingerprint density at radius 2 is 1.90 bits per heavy atom. The van der Waals surface area contributed by atoms with Crippen LogP contribution in [0.25, 0.3) is 0 Å². The number of hydrogen-bond acceptors (Lipinski definition) is 6. The molecule has 0 radical (unpaired) electrons. The first-order chi connectivity index (χ1) is 14.7. The molecule has 2 rings (SSSR count). The minimum Gasteiger partial charge on any atom is -0.490 e. The molecule has 0 saturated carbocycles. The Hall–Kier alpha value is -2.03. The lowest BCUT2D eigenvalue weighted by Gasteiger charge is -2.15. The van der Waals surface area contributed by atoms with E-state index in [2.05, 4.69) is 29.5 Å². The standard InChI is InChI=1S/C22H37N3O5/c1-18(2)17-28-10-4-8-23-22(24-9-13-27-15-14-26-3)25-19-6-7-20-21(16-19)30-12-5-11-29-20/h6-7,16,18H,4-5,8-15,17H2,1-3H3,(H2,23,24,25). The lowest BCUT2D eigenvalue weighted by Crippen LogP contribution is -2.34. The van der Waals surface area contributed by atoms with Crippen LogP contribution in [0.4, 0.5) is 5.69 Å². The van der Waals surface area contributed by atoms with Crippen LogP contribution in [0.2, 0.25) is 0 Å². The quantitative estimate of drug-likeness (QED) is 0.287. The van der Waals surface area contributed by atoms with Gasteiger partial charge in [-0.2, -0.15) is 0 Å². The fourth-order valence-corrected chi connectivity index (χ4v) is 2.68. The topological polar surface area (TPSA) is 82.6 Å². The molecule has 0 spiro atoms. The lowest BCUT2D eigenvalue weighted by molar-refractivity contribution is 0.0734. The third-order valence-electron chi connectivity index (χ3n) is 4.15. The Morgan fingerprint density at radius 1 is 1.07 bits per heavy atom. The van der Waals surface area contributed by atoms with Crippen molar-refractivity contribution in [1.29, 1.82) is 0 Å². The first kappa shape index (κ1) is 24.2. The minimum absolute atomic E-state index is 0.546. The molecule has 0 saturated heterocycles. The number of rotatable bonds is 13. The highest BCUT2D eigenvalue weighted by Gasteiger charge is 2.11. The average molecular weight is 424 g/mol. The van der Waals surface area contributed by atoms with Crippen molar-refractivity contribution in [2.45, 2.75) is 26.7 Å². The van der Waals surface area contributed by atoms with Crippen molar-refractivity contribution in [2.24, 2.45) is 10.9 Å². The summed E-state index contributed by atoms with van der Waals surface area (Å²) in [6.07, 6.45) is 1.75. The van der Waals surface area contributed by atoms with Crippen LogP contribution in [0, 0.1) is 5.92 Å². The Bertz CT molecular complexity index is 625. The van der Waals surface area contributed by atoms with E-state index in [0.29, 0.717) is 64.6 Å². The number of ether oxygens (including phenoxy) is 5. The molecule has 1 aliphatic heterocycles. The predicted octanol–water partition coefficient (Wildman–Crippen LogP) is 2.93. The fraction of sp³-hybridized carbons (Fsp3) is 0.682. The van der Waals surface area contributed by atoms with Crippen molar-refractivity contribution in [3.05, 3.63) is 18.2 Å². The van der Waals surface area contributed by atoms with Crippen molar-refractivity contribution in [3.63, 3.8) is 0 Å². The summed E-state index contributed by atoms with van der Waals surface area (Å²) >= 11 is 0. The van der Waals surface area contributed by atoms with E-state index < -0.39 is 0 Å². The molecule has 0 atom stereocenters. The number of guanidine groups is 1. The SMILES string of the molecule is COCCOCCNC(=NCCCOCC(C)C)Nc1ccc2c(c1)OCCCO2. The molecule has 0 bridgehead atoms. The van der Waals surface area contributed by atoms with Crippen LogP contribution in [0.15, 0.2) is 23.2 Å². The molecule has 0 aliphatic carbocycles. The molecule has 2 N–H and O–H groups in total. The second-order valence-electron chi connectivity index (χ2n) is 7.42. The average Bonchev–Trinajstić information content (AvgIpc) is 2.97. The number of fused-ring (bicyclic) bond motifs is 1. The summed E-state index contributed by atoms with van der Waals surface area (Å²) < 4.78 is 27.6. The van der Waals surface area contributed by atoms with E-state index in [1.54, 1.807) is 7.11 Å². The lowest BCUT2D eigenvalue weighted by atomic mass is 10.2. The second-order valence-corrected chi connectivity index (χ2v) is 7.42. The van der Waals surface area contributed by atoms with Crippen molar-refractivity contribution >= 4 is 11.6 Å². The summed E-state index contributed by atoms with van der Waals surface area (Å²) in [5.74, 6) is 2.77. The maximum Gasteiger partial charge on any atom is 0.195 e. The van der Waals surface area contributed by atoms with Gasteiger partial charge in [0, 0.05) is 51.6 Å². The number of hydrogen-bond donors (Lipinski definition) is 2. The van der Waals surface area contributed by atoms with Crippen LogP contribution in [0.5, 0.6) is 11.5 Å². The van der Waals surface area contributed by atoms with Gasteiger partial charge in [0.2, 0.25) is 0 Å². The van der Waals surface area contributed by atoms with E-state index in [-0.39, 0.29) is 0 Å². The van der Waals surface area contributed by atoms with E-state index in [9.17, 15) is 0 Å². The highest BCUT2D eigenvalue weighted by atomic mass is 16.5. The van der Waals surface area contributed by atoms with E-state index >= 15 is 0 Å². The predicted molar refractivity (Wildman–Crippen MR) is 119 cm³/mol. The van der Waals surface area contributed by atoms with E-state index in [1.807, 2.05) is 18.2 Å². The molecule has 0 aromatic heterocycles. The van der Waals surface area contributed by atoms with Gasteiger partial charge in [-0.25, -0.2) is 0 Å². The normalized spacial score (nSPS) is 13.9. The van der Waals surface area contributed by atoms with Gasteiger partial charge in [-0.05, 0) is 24.5 Å². The highest BCUT2D eigenvalue weighted by molar-refractivity contribution is 5.93. The maximum absolute atomic E-state index is 5.78. The molecule has 1 aliphatic rings. The third kappa shape index (κ3) is 10.1. The molecule has 170 valence electrons. The largest absolute Gasteiger partial charge is 0.490 e. The summed E-state index contributed by atoms with van der Waals surface area (Å²) in [7, 11) is 1.66. The summed E-state index contributed by atoms with van der Waals surface area (Å²) in [5.41, 5.74) is 0.891. The van der Waals surface area contributed by atoms with Crippen LogP contribution in [-0.4, -0.2) is 72.4 Å². The number of aliphatic imine (C=N–C) groups is 1. The molecular weight excluding hydrogens is 386 g/mol. The molecule has 0 unspecified atom stereocenters. The molecule has 1 aromatic carbocycles. The highest BCUT2D eigenvalue weighted by Crippen LogP contribution is 2.32. The number of nitrogens with zero attached hydrogens (tertiary/aromatic N) is 1. The zero-order valence-corrected chi connectivity index (χ0v) is 18.6. The van der Waals surface area contributed by atoms with Crippen molar-refractivity contribution < 1.29 is 23.7 Å². The molecule has 1 heterocycles. The third-order valence-corrected chi connectivity index (χ3v) is 4.15. The summed E-state index contributed by atoms with van der Waals surface area (Å²) in [5, 5.41) is 6.65. The summed E-state index contributed by atoms with van der Waals surface area (Å²) in [6.45, 7) is 10.2. The van der Waals surface area contributed by atoms with Gasteiger partial charge in [-0.1, -0.05) is 13.8 Å². The maximum atomic E-state index is 5.78. The molecule has 1 aromatic rings. The first-order valence-corrected chi connectivity index (χ1v) is 10.8. The molecule has 30 heavy (non-hydrogen) atoms. The van der Waals surface area contributed by atoms with Crippen molar-refractivity contribution in [2.75, 3.05) is 71.8 Å². The number of benzene rings is 1. The molecule has 8 nitrogen and oxygen atoms in total. The zero-order valence-electron chi connectivity index (χ0n) is 18.6. The zero-order chi connectivity index (χ0) is 21.4. The molecular formula is C22H37N3O5. The Morgan fingerprint density at radius 3 is 2.70 bits per heavy atom. The fourth-order valence-electron chi connectivity index (χ4n) is 2.68. The minimum atomic E-state index is 0.546. The number of anilines is 1. The monoisotopic (exact) mass is 423 g/mol. The van der Waals surface area contributed by atoms with E-state index in [1.165, 1.54) is 0 Å². The Balaban J connectivity index is 1.87. The van der Waals surface area contributed by atoms with Crippen LogP contribution in [-0.2, 0) is 14.2 Å². The van der Waals surface area contributed by atoms with Gasteiger partial charge in [0.25, 0.3) is 0 Å². The number of nitrogens with one attached hydrogen (secondary N) is 2. The van der Waals surface area contributed by atoms with E-state index in [0.717, 1.165) is 36.6 Å². The van der Waals surface area contributed by atoms with Crippen molar-refractivity contribution in [1.82, 2.24) is 5.32 Å². The van der Waals surface area contributed by atoms with Crippen LogP contribution < -0.4 is 20.1 Å². The number of methoxy groups -OCH3 is 1. The van der Waals surface area contributed by atoms with Gasteiger partial charge in [0.15, 0.2) is 17.5 Å². The van der Waals surface area contributed by atoms with Crippen molar-refractivity contribution in [3.8, 4) is 11.5 Å². The Labute approximate surface area is 180 Å². The van der Waals surface area contributed by atoms with Gasteiger partial charge in [-0.15, -0.1) is 0 Å². The summed E-state index contributed by atoms with van der Waals surface area (Å²) in [4.78, 5) is 4.66. The van der Waals surface area contributed by atoms with E-state index in [4.69, 9.17) is 23.7 Å². The molecule has 8 heteroatoms. The van der Waals surface area contributed by atoms with Gasteiger partial charge in [0.05, 0.1) is 33.0 Å². The van der Waals surface area contributed by atoms with Crippen LogP contribution in [0.1, 0.15) is 26.7 Å². The first-order valence-electron chi connectivity index (χ1n) is 10.8.